The van der Waals surface area contributed by atoms with Gasteiger partial charge in [0.25, 0.3) is 0 Å². The van der Waals surface area contributed by atoms with Crippen molar-refractivity contribution < 1.29 is 14.2 Å². The van der Waals surface area contributed by atoms with Crippen LogP contribution in [0.15, 0.2) is 91.5 Å². The third-order valence-electron chi connectivity index (χ3n) is 6.87. The number of hydrogen-bond acceptors (Lipinski definition) is 7. The van der Waals surface area contributed by atoms with Crippen LogP contribution in [0.2, 0.25) is 0 Å². The fraction of sp³-hybridized carbons (Fsp3) is 0.111. The van der Waals surface area contributed by atoms with Gasteiger partial charge in [0, 0.05) is 50.0 Å². The molecular formula is C36H24Br2O3S4. The summed E-state index contributed by atoms with van der Waals surface area (Å²) in [4.78, 5) is 5.50. The van der Waals surface area contributed by atoms with Crippen molar-refractivity contribution in [3.8, 4) is 50.7 Å². The van der Waals surface area contributed by atoms with Gasteiger partial charge in [0.2, 0.25) is 0 Å². The van der Waals surface area contributed by atoms with E-state index in [2.05, 4.69) is 79.8 Å². The largest absolute Gasteiger partial charge is 0.497 e. The van der Waals surface area contributed by atoms with E-state index in [0.717, 1.165) is 37.3 Å². The van der Waals surface area contributed by atoms with Crippen LogP contribution >= 0.6 is 76.1 Å². The Balaban J connectivity index is 0.000000161. The Bertz CT molecular complexity index is 2110. The van der Waals surface area contributed by atoms with Crippen LogP contribution in [0, 0.1) is 30.6 Å². The minimum Gasteiger partial charge on any atom is -0.497 e. The number of methoxy groups -OCH3 is 3. The van der Waals surface area contributed by atoms with Crippen molar-refractivity contribution in [1.29, 1.82) is 0 Å². The van der Waals surface area contributed by atoms with Crippen LogP contribution in [0.3, 0.4) is 0 Å². The smallest absolute Gasteiger partial charge is 0.120 e. The summed E-state index contributed by atoms with van der Waals surface area (Å²) in [5, 5.41) is 2.60. The molecule has 0 saturated heterocycles. The van der Waals surface area contributed by atoms with Crippen molar-refractivity contribution in [3.63, 3.8) is 0 Å². The molecule has 0 spiro atoms. The summed E-state index contributed by atoms with van der Waals surface area (Å²) in [6.07, 6.45) is 0. The molecule has 9 heteroatoms. The van der Waals surface area contributed by atoms with Crippen molar-refractivity contribution in [2.45, 2.75) is 16.7 Å². The van der Waals surface area contributed by atoms with Gasteiger partial charge in [0.05, 0.1) is 31.1 Å². The molecule has 0 amide bonds. The first-order chi connectivity index (χ1) is 21.9. The number of aryl methyl sites for hydroxylation is 1. The van der Waals surface area contributed by atoms with Crippen LogP contribution in [0.25, 0.3) is 29.9 Å². The van der Waals surface area contributed by atoms with Crippen LogP contribution in [0.4, 0.5) is 0 Å². The topological polar surface area (TPSA) is 27.7 Å². The van der Waals surface area contributed by atoms with E-state index in [1.807, 2.05) is 99.7 Å². The van der Waals surface area contributed by atoms with Gasteiger partial charge in [-0.1, -0.05) is 39.5 Å². The zero-order chi connectivity index (χ0) is 31.5. The Morgan fingerprint density at radius 2 is 1.00 bits per heavy atom. The van der Waals surface area contributed by atoms with Crippen molar-refractivity contribution in [2.75, 3.05) is 21.3 Å². The number of rotatable bonds is 3. The van der Waals surface area contributed by atoms with Crippen LogP contribution < -0.4 is 14.2 Å². The fourth-order valence-corrected chi connectivity index (χ4v) is 11.2. The maximum absolute atomic E-state index is 5.40. The van der Waals surface area contributed by atoms with Gasteiger partial charge in [0.15, 0.2) is 0 Å². The summed E-state index contributed by atoms with van der Waals surface area (Å²) in [5.74, 6) is 14.4. The molecule has 45 heavy (non-hydrogen) atoms. The first kappa shape index (κ1) is 31.9. The van der Waals surface area contributed by atoms with Crippen LogP contribution in [0.5, 0.6) is 17.2 Å². The highest BCUT2D eigenvalue weighted by molar-refractivity contribution is 9.10. The lowest BCUT2D eigenvalue weighted by Crippen LogP contribution is -1.84. The number of fused-ring (bicyclic) bond motifs is 7. The second-order valence-electron chi connectivity index (χ2n) is 9.74. The molecule has 0 bridgehead atoms. The first-order valence-electron chi connectivity index (χ1n) is 13.6. The molecule has 0 unspecified atom stereocenters. The molecule has 0 fully saturated rings. The van der Waals surface area contributed by atoms with E-state index in [4.69, 9.17) is 14.2 Å². The number of ether oxygens (including phenoxy) is 3. The highest BCUT2D eigenvalue weighted by atomic mass is 79.9. The molecule has 7 rings (SSSR count). The van der Waals surface area contributed by atoms with Crippen LogP contribution in [-0.4, -0.2) is 21.3 Å². The molecule has 3 heterocycles. The standard InChI is InChI=1S/C18H12Br2O.C18H12O2S4/c1-13-7-9-17(19)14(11-13)5-3-4-6-15-12-16(21-2)8-10-18(15)20;1-19-9-3-5-13-11(7-9)15-17(21-13)18-16(24-23-15)12-8-10(20-2)4-6-14(12)22-18/h7-12H,1-2H3;3-8H,1-2H3. The summed E-state index contributed by atoms with van der Waals surface area (Å²) in [6.45, 7) is 2.04. The monoisotopic (exact) mass is 790 g/mol. The number of halogens is 2. The molecule has 1 aliphatic heterocycles. The summed E-state index contributed by atoms with van der Waals surface area (Å²) < 4.78 is 20.5. The molecule has 224 valence electrons. The fourth-order valence-electron chi connectivity index (χ4n) is 4.57. The van der Waals surface area contributed by atoms with Crippen LogP contribution in [0.1, 0.15) is 16.7 Å². The summed E-state index contributed by atoms with van der Waals surface area (Å²) in [6, 6.07) is 24.4. The predicted molar refractivity (Wildman–Crippen MR) is 201 cm³/mol. The molecule has 0 saturated carbocycles. The van der Waals surface area contributed by atoms with E-state index >= 15 is 0 Å². The van der Waals surface area contributed by atoms with Gasteiger partial charge in [-0.15, -0.1) is 22.7 Å². The van der Waals surface area contributed by atoms with Gasteiger partial charge in [0.1, 0.15) is 17.2 Å². The average Bonchev–Trinajstić information content (AvgIpc) is 3.63. The highest BCUT2D eigenvalue weighted by Crippen LogP contribution is 2.61. The van der Waals surface area contributed by atoms with Crippen LogP contribution in [-0.2, 0) is 0 Å². The van der Waals surface area contributed by atoms with Gasteiger partial charge >= 0.3 is 0 Å². The Morgan fingerprint density at radius 1 is 0.556 bits per heavy atom. The minimum absolute atomic E-state index is 0.775. The van der Waals surface area contributed by atoms with Gasteiger partial charge in [-0.2, -0.15) is 0 Å². The lowest BCUT2D eigenvalue weighted by atomic mass is 10.1. The molecule has 6 aromatic rings. The maximum atomic E-state index is 5.40. The summed E-state index contributed by atoms with van der Waals surface area (Å²) in [5.41, 5.74) is 2.96. The van der Waals surface area contributed by atoms with E-state index < -0.39 is 0 Å². The quantitative estimate of drug-likeness (QED) is 0.131. The first-order valence-corrected chi connectivity index (χ1v) is 18.9. The number of benzene rings is 4. The molecule has 3 nitrogen and oxygen atoms in total. The van der Waals surface area contributed by atoms with Gasteiger partial charge in [-0.3, -0.25) is 0 Å². The third kappa shape index (κ3) is 6.90. The Morgan fingerprint density at radius 3 is 1.51 bits per heavy atom. The van der Waals surface area contributed by atoms with E-state index in [-0.39, 0.29) is 0 Å². The second-order valence-corrected chi connectivity index (χ2v) is 15.7. The normalized spacial score (nSPS) is 11.2. The van der Waals surface area contributed by atoms with E-state index in [1.165, 1.54) is 45.3 Å². The Hall–Kier alpha value is -3.02. The summed E-state index contributed by atoms with van der Waals surface area (Å²) >= 11 is 10.7. The zero-order valence-corrected chi connectivity index (χ0v) is 31.0. The summed E-state index contributed by atoms with van der Waals surface area (Å²) in [7, 11) is 8.79. The minimum atomic E-state index is 0.775. The molecule has 1 aliphatic rings. The van der Waals surface area contributed by atoms with Crippen molar-refractivity contribution >= 4 is 96.3 Å². The van der Waals surface area contributed by atoms with Gasteiger partial charge in [-0.05, 0) is 123 Å². The predicted octanol–water partition coefficient (Wildman–Crippen LogP) is 11.8. The lowest BCUT2D eigenvalue weighted by molar-refractivity contribution is 0.414. The molecule has 0 radical (unpaired) electrons. The Labute approximate surface area is 295 Å². The van der Waals surface area contributed by atoms with E-state index in [0.29, 0.717) is 0 Å². The third-order valence-corrected chi connectivity index (χ3v) is 13.5. The average molecular weight is 793 g/mol. The maximum Gasteiger partial charge on any atom is 0.120 e. The highest BCUT2D eigenvalue weighted by Gasteiger charge is 2.27. The van der Waals surface area contributed by atoms with Crippen molar-refractivity contribution in [1.82, 2.24) is 0 Å². The van der Waals surface area contributed by atoms with Gasteiger partial charge < -0.3 is 14.2 Å². The van der Waals surface area contributed by atoms with Crippen molar-refractivity contribution in [3.05, 3.63) is 98.4 Å². The molecule has 0 atom stereocenters. The molecular weight excluding hydrogens is 768 g/mol. The molecule has 4 aromatic carbocycles. The lowest BCUT2D eigenvalue weighted by Gasteiger charge is -2.11. The van der Waals surface area contributed by atoms with E-state index in [9.17, 15) is 0 Å². The number of hydrogen-bond donors (Lipinski definition) is 0. The molecule has 0 aliphatic carbocycles. The molecule has 0 N–H and O–H groups in total. The molecule has 2 aromatic heterocycles. The van der Waals surface area contributed by atoms with E-state index in [1.54, 1.807) is 21.3 Å². The second kappa shape index (κ2) is 14.2. The SMILES string of the molecule is COc1ccc(Br)c(C#CC#Cc2cc(C)ccc2Br)c1.COc1ccc2sc3c(c2c1)SSc1c-3sc2ccc(OC)cc12. The van der Waals surface area contributed by atoms with Crippen molar-refractivity contribution in [2.24, 2.45) is 0 Å². The Kier molecular flexibility index (Phi) is 10.1. The number of thiophene rings is 2. The zero-order valence-electron chi connectivity index (χ0n) is 24.5. The van der Waals surface area contributed by atoms with Gasteiger partial charge in [-0.25, -0.2) is 0 Å².